The number of nitrogens with one attached hydrogen (secondary N) is 1. The van der Waals surface area contributed by atoms with E-state index in [1.807, 2.05) is 25.1 Å². The van der Waals surface area contributed by atoms with Crippen molar-refractivity contribution in [2.45, 2.75) is 31.8 Å². The predicted molar refractivity (Wildman–Crippen MR) is 109 cm³/mol. The van der Waals surface area contributed by atoms with E-state index < -0.39 is 12.1 Å². The highest BCUT2D eigenvalue weighted by Gasteiger charge is 2.35. The number of carbonyl (C=O) groups excluding carboxylic acids is 2. The van der Waals surface area contributed by atoms with Gasteiger partial charge in [0.25, 0.3) is 5.91 Å². The van der Waals surface area contributed by atoms with Crippen LogP contribution in [0.3, 0.4) is 0 Å². The zero-order chi connectivity index (χ0) is 20.8. The summed E-state index contributed by atoms with van der Waals surface area (Å²) >= 11 is 5.98. The smallest absolute Gasteiger partial charge is 0.261 e. The number of para-hydroxylation sites is 1. The van der Waals surface area contributed by atoms with Crippen LogP contribution in [0.25, 0.3) is 0 Å². The summed E-state index contributed by atoms with van der Waals surface area (Å²) < 4.78 is 5.63. The lowest BCUT2D eigenvalue weighted by atomic mass is 10.1. The lowest BCUT2D eigenvalue weighted by Gasteiger charge is -2.25. The number of rotatable bonds is 6. The van der Waals surface area contributed by atoms with Crippen LogP contribution in [0.15, 0.2) is 48.5 Å². The minimum absolute atomic E-state index is 0.134. The summed E-state index contributed by atoms with van der Waals surface area (Å²) in [5.41, 5.74) is 1.54. The number of nitriles is 1. The monoisotopic (exact) mass is 411 g/mol. The quantitative estimate of drug-likeness (QED) is 0.789. The molecule has 0 bridgehead atoms. The third kappa shape index (κ3) is 5.07. The minimum Gasteiger partial charge on any atom is -0.484 e. The van der Waals surface area contributed by atoms with Gasteiger partial charge in [-0.25, -0.2) is 0 Å². The van der Waals surface area contributed by atoms with E-state index in [-0.39, 0.29) is 18.4 Å². The lowest BCUT2D eigenvalue weighted by Crippen LogP contribution is -2.48. The SMILES string of the molecule is Cc1ccccc1OCC(=O)N1CCC[C@H]1C(=O)NC(C#N)c1cccc(Cl)c1. The van der Waals surface area contributed by atoms with Gasteiger partial charge in [-0.1, -0.05) is 41.9 Å². The zero-order valence-corrected chi connectivity index (χ0v) is 16.9. The summed E-state index contributed by atoms with van der Waals surface area (Å²) in [7, 11) is 0. The molecule has 1 heterocycles. The molecule has 3 rings (SSSR count). The fourth-order valence-electron chi connectivity index (χ4n) is 3.39. The molecule has 2 aromatic rings. The van der Waals surface area contributed by atoms with Crippen LogP contribution in [-0.4, -0.2) is 35.9 Å². The molecule has 29 heavy (non-hydrogen) atoms. The number of halogens is 1. The molecule has 1 aliphatic heterocycles. The Morgan fingerprint density at radius 1 is 1.31 bits per heavy atom. The van der Waals surface area contributed by atoms with Gasteiger partial charge in [-0.2, -0.15) is 5.26 Å². The van der Waals surface area contributed by atoms with E-state index in [1.54, 1.807) is 30.3 Å². The van der Waals surface area contributed by atoms with E-state index in [1.165, 1.54) is 4.90 Å². The van der Waals surface area contributed by atoms with Gasteiger partial charge in [-0.05, 0) is 49.1 Å². The minimum atomic E-state index is -0.832. The van der Waals surface area contributed by atoms with E-state index in [4.69, 9.17) is 16.3 Å². The van der Waals surface area contributed by atoms with Crippen LogP contribution in [0.4, 0.5) is 0 Å². The van der Waals surface area contributed by atoms with E-state index >= 15 is 0 Å². The second-order valence-corrected chi connectivity index (χ2v) is 7.36. The first-order valence-corrected chi connectivity index (χ1v) is 9.80. The molecule has 1 N–H and O–H groups in total. The maximum Gasteiger partial charge on any atom is 0.261 e. The van der Waals surface area contributed by atoms with Crippen molar-refractivity contribution in [1.29, 1.82) is 5.26 Å². The Hall–Kier alpha value is -3.04. The third-order valence-corrected chi connectivity index (χ3v) is 5.15. The van der Waals surface area contributed by atoms with Gasteiger partial charge in [0.2, 0.25) is 5.91 Å². The summed E-state index contributed by atoms with van der Waals surface area (Å²) in [5.74, 6) is 0.0481. The zero-order valence-electron chi connectivity index (χ0n) is 16.1. The van der Waals surface area contributed by atoms with Gasteiger partial charge < -0.3 is 15.0 Å². The molecule has 6 nitrogen and oxygen atoms in total. The first-order chi connectivity index (χ1) is 14.0. The molecule has 7 heteroatoms. The Morgan fingerprint density at radius 2 is 2.10 bits per heavy atom. The highest BCUT2D eigenvalue weighted by Crippen LogP contribution is 2.22. The topological polar surface area (TPSA) is 82.4 Å². The van der Waals surface area contributed by atoms with Gasteiger partial charge in [0.1, 0.15) is 17.8 Å². The van der Waals surface area contributed by atoms with Crippen molar-refractivity contribution in [1.82, 2.24) is 10.2 Å². The number of nitrogens with zero attached hydrogens (tertiary/aromatic N) is 2. The maximum absolute atomic E-state index is 12.8. The van der Waals surface area contributed by atoms with Gasteiger partial charge in [0, 0.05) is 11.6 Å². The van der Waals surface area contributed by atoms with Crippen LogP contribution in [0, 0.1) is 18.3 Å². The molecule has 1 aliphatic rings. The highest BCUT2D eigenvalue weighted by molar-refractivity contribution is 6.30. The van der Waals surface area contributed by atoms with Crippen molar-refractivity contribution in [2.24, 2.45) is 0 Å². The van der Waals surface area contributed by atoms with E-state index in [2.05, 4.69) is 11.4 Å². The summed E-state index contributed by atoms with van der Waals surface area (Å²) in [4.78, 5) is 27.0. The van der Waals surface area contributed by atoms with Crippen LogP contribution in [0.5, 0.6) is 5.75 Å². The van der Waals surface area contributed by atoms with E-state index in [0.29, 0.717) is 29.3 Å². The van der Waals surface area contributed by atoms with Gasteiger partial charge in [-0.3, -0.25) is 9.59 Å². The molecule has 1 fully saturated rings. The van der Waals surface area contributed by atoms with Crippen LogP contribution >= 0.6 is 11.6 Å². The Balaban J connectivity index is 1.63. The number of carbonyl (C=O) groups is 2. The first kappa shape index (κ1) is 20.7. The van der Waals surface area contributed by atoms with Gasteiger partial charge >= 0.3 is 0 Å². The van der Waals surface area contributed by atoms with Gasteiger partial charge in [-0.15, -0.1) is 0 Å². The molecule has 0 aromatic heterocycles. The van der Waals surface area contributed by atoms with Crippen molar-refractivity contribution in [3.05, 3.63) is 64.7 Å². The lowest BCUT2D eigenvalue weighted by molar-refractivity contribution is -0.140. The Kier molecular flexibility index (Phi) is 6.73. The average molecular weight is 412 g/mol. The fourth-order valence-corrected chi connectivity index (χ4v) is 3.59. The summed E-state index contributed by atoms with van der Waals surface area (Å²) in [5, 5.41) is 12.7. The van der Waals surface area contributed by atoms with E-state index in [0.717, 1.165) is 12.0 Å². The number of likely N-dealkylation sites (tertiary alicyclic amines) is 1. The van der Waals surface area contributed by atoms with Crippen molar-refractivity contribution in [3.63, 3.8) is 0 Å². The molecule has 1 unspecified atom stereocenters. The third-order valence-electron chi connectivity index (χ3n) is 4.92. The number of benzene rings is 2. The summed E-state index contributed by atoms with van der Waals surface area (Å²) in [6.45, 7) is 2.26. The molecule has 0 aliphatic carbocycles. The van der Waals surface area contributed by atoms with Crippen molar-refractivity contribution in [2.75, 3.05) is 13.2 Å². The second-order valence-electron chi connectivity index (χ2n) is 6.93. The largest absolute Gasteiger partial charge is 0.484 e. The van der Waals surface area contributed by atoms with Crippen LogP contribution < -0.4 is 10.1 Å². The fraction of sp³-hybridized carbons (Fsp3) is 0.318. The number of aryl methyl sites for hydroxylation is 1. The number of ether oxygens (including phenoxy) is 1. The second kappa shape index (κ2) is 9.44. The Morgan fingerprint density at radius 3 is 2.83 bits per heavy atom. The molecular weight excluding hydrogens is 390 g/mol. The molecule has 0 radical (unpaired) electrons. The molecule has 0 spiro atoms. The number of hydrogen-bond donors (Lipinski definition) is 1. The molecule has 0 saturated carbocycles. The van der Waals surface area contributed by atoms with Crippen LogP contribution in [0.2, 0.25) is 5.02 Å². The van der Waals surface area contributed by atoms with Gasteiger partial charge in [0.15, 0.2) is 6.61 Å². The maximum atomic E-state index is 12.8. The average Bonchev–Trinajstić information content (AvgIpc) is 3.21. The molecule has 2 amide bonds. The standard InChI is InChI=1S/C22H22ClN3O3/c1-15-6-2-3-10-20(15)29-14-21(27)26-11-5-9-19(26)22(28)25-18(13-24)16-7-4-8-17(23)12-16/h2-4,6-8,10,12,18-19H,5,9,11,14H2,1H3,(H,25,28)/t18?,19-/m0/s1. The molecule has 2 atom stereocenters. The first-order valence-electron chi connectivity index (χ1n) is 9.43. The van der Waals surface area contributed by atoms with Crippen molar-refractivity contribution >= 4 is 23.4 Å². The normalized spacial score (nSPS) is 16.7. The summed E-state index contributed by atoms with van der Waals surface area (Å²) in [6, 6.07) is 14.9. The van der Waals surface area contributed by atoms with Gasteiger partial charge in [0.05, 0.1) is 6.07 Å². The Labute approximate surface area is 175 Å². The van der Waals surface area contributed by atoms with Crippen molar-refractivity contribution in [3.8, 4) is 11.8 Å². The van der Waals surface area contributed by atoms with E-state index in [9.17, 15) is 14.9 Å². The van der Waals surface area contributed by atoms with Crippen LogP contribution in [-0.2, 0) is 9.59 Å². The number of amides is 2. The Bertz CT molecular complexity index is 941. The molecular formula is C22H22ClN3O3. The molecule has 1 saturated heterocycles. The highest BCUT2D eigenvalue weighted by atomic mass is 35.5. The van der Waals surface area contributed by atoms with Crippen molar-refractivity contribution < 1.29 is 14.3 Å². The predicted octanol–water partition coefficient (Wildman–Crippen LogP) is 3.40. The summed E-state index contributed by atoms with van der Waals surface area (Å²) in [6.07, 6.45) is 1.28. The molecule has 150 valence electrons. The van der Waals surface area contributed by atoms with Crippen LogP contribution in [0.1, 0.15) is 30.0 Å². The molecule has 2 aromatic carbocycles. The number of hydrogen-bond acceptors (Lipinski definition) is 4.